The molecule has 1 rings (SSSR count). The van der Waals surface area contributed by atoms with Crippen LogP contribution in [0.25, 0.3) is 0 Å². The van der Waals surface area contributed by atoms with Crippen molar-refractivity contribution in [2.24, 2.45) is 0 Å². The fourth-order valence-corrected chi connectivity index (χ4v) is 1.54. The van der Waals surface area contributed by atoms with Crippen molar-refractivity contribution in [1.29, 1.82) is 0 Å². The van der Waals surface area contributed by atoms with Gasteiger partial charge in [0.05, 0.1) is 5.69 Å². The third-order valence-corrected chi connectivity index (χ3v) is 3.26. The van der Waals surface area contributed by atoms with Crippen molar-refractivity contribution in [3.63, 3.8) is 0 Å². The lowest BCUT2D eigenvalue weighted by atomic mass is 10.2. The molecule has 0 aromatic heterocycles. The molecule has 1 aromatic carbocycles. The quantitative estimate of drug-likeness (QED) is 0.779. The van der Waals surface area contributed by atoms with Gasteiger partial charge in [-0.3, -0.25) is 4.72 Å². The van der Waals surface area contributed by atoms with Crippen molar-refractivity contribution in [1.82, 2.24) is 4.31 Å². The maximum atomic E-state index is 13.3. The van der Waals surface area contributed by atoms with Crippen molar-refractivity contribution < 1.29 is 17.2 Å². The van der Waals surface area contributed by atoms with Gasteiger partial charge in [-0.15, -0.1) is 0 Å². The molecule has 0 spiro atoms. The predicted octanol–water partition coefficient (Wildman–Crippen LogP) is 0.765. The average Bonchev–Trinajstić information content (AvgIpc) is 2.18. The second-order valence-corrected chi connectivity index (χ2v) is 5.10. The molecule has 0 amide bonds. The number of nitrogen functional groups attached to an aromatic ring is 1. The molecule has 0 saturated heterocycles. The van der Waals surface area contributed by atoms with Gasteiger partial charge in [-0.2, -0.15) is 12.7 Å². The summed E-state index contributed by atoms with van der Waals surface area (Å²) in [5.74, 6) is -2.50. The Morgan fingerprint density at radius 1 is 1.31 bits per heavy atom. The Kier molecular flexibility index (Phi) is 3.34. The van der Waals surface area contributed by atoms with E-state index >= 15 is 0 Å². The zero-order valence-corrected chi connectivity index (χ0v) is 9.48. The third kappa shape index (κ3) is 2.39. The lowest BCUT2D eigenvalue weighted by molar-refractivity contribution is 0.509. The maximum Gasteiger partial charge on any atom is 0.301 e. The molecule has 90 valence electrons. The van der Waals surface area contributed by atoms with Crippen molar-refractivity contribution >= 4 is 21.6 Å². The molecular weight excluding hydrogens is 240 g/mol. The highest BCUT2D eigenvalue weighted by atomic mass is 32.2. The van der Waals surface area contributed by atoms with Crippen LogP contribution in [0.15, 0.2) is 12.1 Å². The molecule has 16 heavy (non-hydrogen) atoms. The minimum Gasteiger partial charge on any atom is -0.397 e. The monoisotopic (exact) mass is 251 g/mol. The molecule has 0 atom stereocenters. The molecule has 0 aliphatic carbocycles. The number of hydrogen-bond acceptors (Lipinski definition) is 3. The highest BCUT2D eigenvalue weighted by Gasteiger charge is 2.19. The predicted molar refractivity (Wildman–Crippen MR) is 57.0 cm³/mol. The van der Waals surface area contributed by atoms with Gasteiger partial charge in [0.25, 0.3) is 0 Å². The molecule has 0 radical (unpaired) electrons. The summed E-state index contributed by atoms with van der Waals surface area (Å²) in [6.07, 6.45) is 0. The Hall–Kier alpha value is -1.41. The van der Waals surface area contributed by atoms with E-state index in [-0.39, 0.29) is 5.69 Å². The Bertz CT molecular complexity index is 502. The fourth-order valence-electron chi connectivity index (χ4n) is 0.890. The number of benzene rings is 1. The second kappa shape index (κ2) is 4.22. The van der Waals surface area contributed by atoms with E-state index in [0.29, 0.717) is 0 Å². The number of nitrogens with zero attached hydrogens (tertiary/aromatic N) is 1. The van der Waals surface area contributed by atoms with Gasteiger partial charge >= 0.3 is 10.2 Å². The van der Waals surface area contributed by atoms with Crippen LogP contribution < -0.4 is 10.5 Å². The lowest BCUT2D eigenvalue weighted by Crippen LogP contribution is -2.29. The van der Waals surface area contributed by atoms with Crippen molar-refractivity contribution in [3.05, 3.63) is 23.8 Å². The van der Waals surface area contributed by atoms with E-state index in [4.69, 9.17) is 5.73 Å². The summed E-state index contributed by atoms with van der Waals surface area (Å²) < 4.78 is 51.6. The van der Waals surface area contributed by atoms with Crippen LogP contribution in [-0.2, 0) is 10.2 Å². The maximum absolute atomic E-state index is 13.3. The zero-order chi connectivity index (χ0) is 12.5. The minimum absolute atomic E-state index is 0.190. The van der Waals surface area contributed by atoms with Crippen molar-refractivity contribution in [3.8, 4) is 0 Å². The number of nitrogens with two attached hydrogens (primary N) is 1. The number of rotatable bonds is 3. The van der Waals surface area contributed by atoms with Crippen LogP contribution in [0.1, 0.15) is 0 Å². The average molecular weight is 251 g/mol. The Balaban J connectivity index is 3.21. The van der Waals surface area contributed by atoms with Gasteiger partial charge in [0.1, 0.15) is 5.69 Å². The molecule has 3 N–H and O–H groups in total. The summed E-state index contributed by atoms with van der Waals surface area (Å²) in [7, 11) is -1.42. The summed E-state index contributed by atoms with van der Waals surface area (Å²) in [6.45, 7) is 0. The largest absolute Gasteiger partial charge is 0.397 e. The highest BCUT2D eigenvalue weighted by Crippen LogP contribution is 2.25. The first-order chi connectivity index (χ1) is 7.25. The number of nitrogens with one attached hydrogen (secondary N) is 1. The van der Waals surface area contributed by atoms with Crippen LogP contribution in [0.5, 0.6) is 0 Å². The Morgan fingerprint density at radius 3 is 2.38 bits per heavy atom. The smallest absolute Gasteiger partial charge is 0.301 e. The van der Waals surface area contributed by atoms with E-state index in [1.165, 1.54) is 14.1 Å². The highest BCUT2D eigenvalue weighted by molar-refractivity contribution is 7.90. The van der Waals surface area contributed by atoms with Crippen LogP contribution in [0, 0.1) is 11.6 Å². The Morgan fingerprint density at radius 2 is 1.88 bits per heavy atom. The van der Waals surface area contributed by atoms with Crippen LogP contribution in [0.3, 0.4) is 0 Å². The van der Waals surface area contributed by atoms with Gasteiger partial charge in [0.2, 0.25) is 0 Å². The zero-order valence-electron chi connectivity index (χ0n) is 8.66. The lowest BCUT2D eigenvalue weighted by Gasteiger charge is -2.15. The topological polar surface area (TPSA) is 75.4 Å². The molecule has 0 heterocycles. The van der Waals surface area contributed by atoms with E-state index < -0.39 is 27.5 Å². The van der Waals surface area contributed by atoms with E-state index in [1.807, 2.05) is 4.72 Å². The second-order valence-electron chi connectivity index (χ2n) is 3.22. The fraction of sp³-hybridized carbons (Fsp3) is 0.250. The normalized spacial score (nSPS) is 11.8. The summed E-state index contributed by atoms with van der Waals surface area (Å²) in [5, 5.41) is 0. The number of hydrogen-bond donors (Lipinski definition) is 2. The first-order valence-corrected chi connectivity index (χ1v) is 5.63. The molecular formula is C8H11F2N3O2S. The van der Waals surface area contributed by atoms with Gasteiger partial charge in [-0.05, 0) is 12.1 Å². The van der Waals surface area contributed by atoms with Gasteiger partial charge in [-0.1, -0.05) is 0 Å². The molecule has 0 fully saturated rings. The molecule has 8 heteroatoms. The van der Waals surface area contributed by atoms with Gasteiger partial charge in [0, 0.05) is 14.1 Å². The van der Waals surface area contributed by atoms with Gasteiger partial charge in [0.15, 0.2) is 11.6 Å². The van der Waals surface area contributed by atoms with Crippen molar-refractivity contribution in [2.75, 3.05) is 24.6 Å². The molecule has 0 saturated carbocycles. The van der Waals surface area contributed by atoms with E-state index in [1.54, 1.807) is 0 Å². The van der Waals surface area contributed by atoms with Crippen molar-refractivity contribution in [2.45, 2.75) is 0 Å². The molecule has 1 aromatic rings. The van der Waals surface area contributed by atoms with Crippen LogP contribution in [0.2, 0.25) is 0 Å². The van der Waals surface area contributed by atoms with Crippen LogP contribution >= 0.6 is 0 Å². The molecule has 0 aliphatic heterocycles. The minimum atomic E-state index is -3.92. The summed E-state index contributed by atoms with van der Waals surface area (Å²) in [6, 6.07) is 1.89. The van der Waals surface area contributed by atoms with E-state index in [2.05, 4.69) is 0 Å². The SMILES string of the molecule is CN(C)S(=O)(=O)Nc1c(N)ccc(F)c1F. The molecule has 0 aliphatic rings. The third-order valence-electron chi connectivity index (χ3n) is 1.84. The standard InChI is InChI=1S/C8H11F2N3O2S/c1-13(2)16(14,15)12-8-6(11)4-3-5(9)7(8)10/h3-4,12H,11H2,1-2H3. The first-order valence-electron chi connectivity index (χ1n) is 4.19. The van der Waals surface area contributed by atoms with Crippen LogP contribution in [0.4, 0.5) is 20.2 Å². The van der Waals surface area contributed by atoms with Crippen LogP contribution in [-0.4, -0.2) is 26.8 Å². The molecule has 0 bridgehead atoms. The first kappa shape index (κ1) is 12.7. The summed E-state index contributed by atoms with van der Waals surface area (Å²) >= 11 is 0. The summed E-state index contributed by atoms with van der Waals surface area (Å²) in [4.78, 5) is 0. The number of anilines is 2. The molecule has 5 nitrogen and oxygen atoms in total. The Labute approximate surface area is 92.0 Å². The number of halogens is 2. The summed E-state index contributed by atoms with van der Waals surface area (Å²) in [5.41, 5.74) is 4.57. The van der Waals surface area contributed by atoms with E-state index in [9.17, 15) is 17.2 Å². The van der Waals surface area contributed by atoms with E-state index in [0.717, 1.165) is 16.4 Å². The van der Waals surface area contributed by atoms with Gasteiger partial charge < -0.3 is 5.73 Å². The van der Waals surface area contributed by atoms with Gasteiger partial charge in [-0.25, -0.2) is 8.78 Å². The molecule has 0 unspecified atom stereocenters.